The summed E-state index contributed by atoms with van der Waals surface area (Å²) in [6.45, 7) is 0.236. The maximum atomic E-state index is 11.9. The Kier molecular flexibility index (Phi) is 3.68. The Morgan fingerprint density at radius 3 is 2.70 bits per heavy atom. The van der Waals surface area contributed by atoms with Gasteiger partial charge in [-0.25, -0.2) is 4.98 Å². The van der Waals surface area contributed by atoms with Crippen LogP contribution in [0.2, 0.25) is 0 Å². The van der Waals surface area contributed by atoms with Gasteiger partial charge in [-0.05, 0) is 46.9 Å². The van der Waals surface area contributed by atoms with Crippen molar-refractivity contribution in [3.8, 4) is 5.75 Å². The predicted octanol–water partition coefficient (Wildman–Crippen LogP) is 3.11. The number of fused-ring (bicyclic) bond motifs is 1. The number of hydrogen-bond acceptors (Lipinski definition) is 3. The number of rotatable bonds is 3. The Bertz CT molecular complexity index is 814. The lowest BCUT2D eigenvalue weighted by molar-refractivity contribution is 0.294. The number of nitrogens with zero attached hydrogens (tertiary/aromatic N) is 1. The molecule has 0 atom stereocenters. The summed E-state index contributed by atoms with van der Waals surface area (Å²) < 4.78 is 6.71. The summed E-state index contributed by atoms with van der Waals surface area (Å²) in [4.78, 5) is 19.1. The van der Waals surface area contributed by atoms with E-state index in [2.05, 4.69) is 32.6 Å². The Hall–Kier alpha value is -1.89. The summed E-state index contributed by atoms with van der Waals surface area (Å²) in [6, 6.07) is 15.0. The van der Waals surface area contributed by atoms with Crippen LogP contribution in [0.25, 0.3) is 10.9 Å². The second-order valence-electron chi connectivity index (χ2n) is 4.25. The van der Waals surface area contributed by atoms with Crippen molar-refractivity contribution in [2.24, 2.45) is 0 Å². The first-order chi connectivity index (χ1) is 9.74. The van der Waals surface area contributed by atoms with Gasteiger partial charge in [-0.3, -0.25) is 4.79 Å². The third-order valence-corrected chi connectivity index (χ3v) is 3.75. The van der Waals surface area contributed by atoms with Gasteiger partial charge in [0, 0.05) is 0 Å². The zero-order valence-electron chi connectivity index (χ0n) is 10.5. The molecule has 3 aromatic rings. The standard InChI is InChI=1S/C15H11IN2O2/c16-11-6-2-4-8-13(11)20-9-14-17-12-7-3-1-5-10(12)15(19)18-14/h1-8H,9H2,(H,17,18,19). The third-order valence-electron chi connectivity index (χ3n) is 2.86. The van der Waals surface area contributed by atoms with Crippen molar-refractivity contribution >= 4 is 33.5 Å². The number of hydrogen-bond donors (Lipinski definition) is 1. The molecule has 0 aliphatic rings. The second-order valence-corrected chi connectivity index (χ2v) is 5.41. The second kappa shape index (κ2) is 5.62. The molecule has 0 fully saturated rings. The molecule has 0 unspecified atom stereocenters. The zero-order valence-corrected chi connectivity index (χ0v) is 12.6. The maximum Gasteiger partial charge on any atom is 0.258 e. The third kappa shape index (κ3) is 2.67. The first-order valence-corrected chi connectivity index (χ1v) is 7.17. The van der Waals surface area contributed by atoms with Crippen molar-refractivity contribution in [2.75, 3.05) is 0 Å². The van der Waals surface area contributed by atoms with Crippen molar-refractivity contribution in [1.29, 1.82) is 0 Å². The summed E-state index contributed by atoms with van der Waals surface area (Å²) in [5.41, 5.74) is 0.537. The lowest BCUT2D eigenvalue weighted by Gasteiger charge is -2.07. The molecule has 4 nitrogen and oxygen atoms in total. The van der Waals surface area contributed by atoms with Gasteiger partial charge in [0.25, 0.3) is 5.56 Å². The summed E-state index contributed by atoms with van der Waals surface area (Å²) in [5, 5.41) is 0.588. The van der Waals surface area contributed by atoms with Crippen LogP contribution in [0, 0.1) is 3.57 Å². The van der Waals surface area contributed by atoms with Crippen molar-refractivity contribution in [1.82, 2.24) is 9.97 Å². The van der Waals surface area contributed by atoms with Crippen LogP contribution in [0.1, 0.15) is 5.82 Å². The van der Waals surface area contributed by atoms with Crippen LogP contribution >= 0.6 is 22.6 Å². The van der Waals surface area contributed by atoms with Crippen LogP contribution in [0.15, 0.2) is 53.3 Å². The highest BCUT2D eigenvalue weighted by Gasteiger charge is 2.05. The number of aromatic nitrogens is 2. The lowest BCUT2D eigenvalue weighted by atomic mass is 10.2. The molecule has 1 N–H and O–H groups in total. The number of benzene rings is 2. The van der Waals surface area contributed by atoms with Gasteiger partial charge < -0.3 is 9.72 Å². The number of para-hydroxylation sites is 2. The van der Waals surface area contributed by atoms with Crippen molar-refractivity contribution in [2.45, 2.75) is 6.61 Å². The molecule has 0 bridgehead atoms. The van der Waals surface area contributed by atoms with Crippen LogP contribution in [-0.4, -0.2) is 9.97 Å². The van der Waals surface area contributed by atoms with E-state index in [0.717, 1.165) is 9.32 Å². The number of halogens is 1. The number of H-pyrrole nitrogens is 1. The van der Waals surface area contributed by atoms with E-state index in [1.165, 1.54) is 0 Å². The molecule has 2 aromatic carbocycles. The monoisotopic (exact) mass is 378 g/mol. The SMILES string of the molecule is O=c1[nH]c(COc2ccccc2I)nc2ccccc12. The first kappa shape index (κ1) is 13.1. The number of aromatic amines is 1. The zero-order chi connectivity index (χ0) is 13.9. The minimum atomic E-state index is -0.142. The van der Waals surface area contributed by atoms with Gasteiger partial charge in [0.1, 0.15) is 18.2 Å². The van der Waals surface area contributed by atoms with Gasteiger partial charge in [0.15, 0.2) is 0 Å². The first-order valence-electron chi connectivity index (χ1n) is 6.09. The van der Waals surface area contributed by atoms with Gasteiger partial charge in [-0.1, -0.05) is 24.3 Å². The smallest absolute Gasteiger partial charge is 0.258 e. The summed E-state index contributed by atoms with van der Waals surface area (Å²) in [5.74, 6) is 1.30. The van der Waals surface area contributed by atoms with E-state index < -0.39 is 0 Å². The topological polar surface area (TPSA) is 55.0 Å². The fourth-order valence-corrected chi connectivity index (χ4v) is 2.45. The lowest BCUT2D eigenvalue weighted by Crippen LogP contribution is -2.13. The summed E-state index contributed by atoms with van der Waals surface area (Å²) >= 11 is 2.21. The van der Waals surface area contributed by atoms with E-state index in [1.54, 1.807) is 6.07 Å². The van der Waals surface area contributed by atoms with Crippen molar-refractivity contribution in [3.05, 3.63) is 68.3 Å². The van der Waals surface area contributed by atoms with Crippen LogP contribution in [0.4, 0.5) is 0 Å². The Morgan fingerprint density at radius 2 is 1.85 bits per heavy atom. The van der Waals surface area contributed by atoms with Crippen LogP contribution < -0.4 is 10.3 Å². The molecule has 0 aliphatic carbocycles. The Morgan fingerprint density at radius 1 is 1.10 bits per heavy atom. The van der Waals surface area contributed by atoms with E-state index in [-0.39, 0.29) is 12.2 Å². The number of nitrogens with one attached hydrogen (secondary N) is 1. The average Bonchev–Trinajstić information content (AvgIpc) is 2.46. The molecular weight excluding hydrogens is 367 g/mol. The minimum Gasteiger partial charge on any atom is -0.485 e. The van der Waals surface area contributed by atoms with E-state index in [9.17, 15) is 4.79 Å². The van der Waals surface area contributed by atoms with Gasteiger partial charge in [-0.2, -0.15) is 0 Å². The van der Waals surface area contributed by atoms with Gasteiger partial charge in [0.05, 0.1) is 14.5 Å². The molecule has 1 heterocycles. The quantitative estimate of drug-likeness (QED) is 0.713. The molecule has 0 spiro atoms. The molecule has 0 saturated carbocycles. The molecule has 0 aliphatic heterocycles. The summed E-state index contributed by atoms with van der Waals surface area (Å²) in [6.07, 6.45) is 0. The summed E-state index contributed by atoms with van der Waals surface area (Å²) in [7, 11) is 0. The predicted molar refractivity (Wildman–Crippen MR) is 85.9 cm³/mol. The molecule has 0 radical (unpaired) electrons. The van der Waals surface area contributed by atoms with E-state index in [1.807, 2.05) is 42.5 Å². The van der Waals surface area contributed by atoms with Gasteiger partial charge >= 0.3 is 0 Å². The van der Waals surface area contributed by atoms with Gasteiger partial charge in [0.2, 0.25) is 0 Å². The van der Waals surface area contributed by atoms with Crippen molar-refractivity contribution in [3.63, 3.8) is 0 Å². The van der Waals surface area contributed by atoms with E-state index >= 15 is 0 Å². The van der Waals surface area contributed by atoms with Crippen LogP contribution in [0.5, 0.6) is 5.75 Å². The van der Waals surface area contributed by atoms with E-state index in [4.69, 9.17) is 4.74 Å². The Labute approximate surface area is 129 Å². The number of ether oxygens (including phenoxy) is 1. The minimum absolute atomic E-state index is 0.142. The molecule has 20 heavy (non-hydrogen) atoms. The van der Waals surface area contributed by atoms with Crippen LogP contribution in [-0.2, 0) is 6.61 Å². The van der Waals surface area contributed by atoms with Crippen molar-refractivity contribution < 1.29 is 4.74 Å². The highest BCUT2D eigenvalue weighted by Crippen LogP contribution is 2.20. The fraction of sp³-hybridized carbons (Fsp3) is 0.0667. The molecule has 1 aromatic heterocycles. The maximum absolute atomic E-state index is 11.9. The van der Waals surface area contributed by atoms with E-state index in [0.29, 0.717) is 16.7 Å². The molecule has 3 rings (SSSR count). The Balaban J connectivity index is 1.88. The molecule has 100 valence electrons. The molecule has 5 heteroatoms. The normalized spacial score (nSPS) is 10.7. The van der Waals surface area contributed by atoms with Crippen LogP contribution in [0.3, 0.4) is 0 Å². The average molecular weight is 378 g/mol. The largest absolute Gasteiger partial charge is 0.485 e. The fourth-order valence-electron chi connectivity index (χ4n) is 1.91. The van der Waals surface area contributed by atoms with Gasteiger partial charge in [-0.15, -0.1) is 0 Å². The molecule has 0 saturated heterocycles. The molecular formula is C15H11IN2O2. The highest BCUT2D eigenvalue weighted by atomic mass is 127. The highest BCUT2D eigenvalue weighted by molar-refractivity contribution is 14.1. The molecule has 0 amide bonds.